The van der Waals surface area contributed by atoms with Gasteiger partial charge in [0.2, 0.25) is 0 Å². The highest BCUT2D eigenvalue weighted by molar-refractivity contribution is 6.01. The Hall–Kier alpha value is -4.21. The summed E-state index contributed by atoms with van der Waals surface area (Å²) in [5.74, 6) is -3.15. The number of urea groups is 1. The maximum Gasteiger partial charge on any atom is 0.326 e. The Morgan fingerprint density at radius 3 is 2.39 bits per heavy atom. The number of carbonyl (C=O) groups excluding carboxylic acids is 1. The number of aromatic nitrogens is 1. The molecular formula is C23H21F2N3O5. The Labute approximate surface area is 187 Å². The molecule has 1 aromatic heterocycles. The fraction of sp³-hybridized carbons (Fsp3) is 0.174. The van der Waals surface area contributed by atoms with Gasteiger partial charge in [-0.25, -0.2) is 13.6 Å². The van der Waals surface area contributed by atoms with E-state index in [2.05, 4.69) is 5.32 Å². The van der Waals surface area contributed by atoms with Crippen molar-refractivity contribution < 1.29 is 28.6 Å². The van der Waals surface area contributed by atoms with E-state index in [1.165, 1.54) is 36.0 Å². The topological polar surface area (TPSA) is 112 Å². The molecule has 0 bridgehead atoms. The molecule has 3 rings (SSSR count). The number of carboxylic acids is 1. The molecule has 2 aromatic carbocycles. The van der Waals surface area contributed by atoms with Gasteiger partial charge in [0.05, 0.1) is 12.1 Å². The molecule has 0 spiro atoms. The summed E-state index contributed by atoms with van der Waals surface area (Å²) in [7, 11) is 1.45. The molecule has 1 heterocycles. The van der Waals surface area contributed by atoms with Crippen LogP contribution in [0.15, 0.2) is 53.5 Å². The number of pyridine rings is 1. The van der Waals surface area contributed by atoms with Crippen LogP contribution in [-0.4, -0.2) is 33.3 Å². The first-order chi connectivity index (χ1) is 15.6. The number of benzene rings is 2. The monoisotopic (exact) mass is 457 g/mol. The third-order valence-electron chi connectivity index (χ3n) is 4.85. The third kappa shape index (κ3) is 5.17. The van der Waals surface area contributed by atoms with Crippen LogP contribution >= 0.6 is 0 Å². The van der Waals surface area contributed by atoms with E-state index in [1.54, 1.807) is 13.0 Å². The number of halogens is 2. The van der Waals surface area contributed by atoms with Gasteiger partial charge < -0.3 is 20.1 Å². The van der Waals surface area contributed by atoms with E-state index in [9.17, 15) is 28.3 Å². The van der Waals surface area contributed by atoms with Gasteiger partial charge in [-0.3, -0.25) is 14.5 Å². The second kappa shape index (κ2) is 9.51. The van der Waals surface area contributed by atoms with Crippen molar-refractivity contribution in [1.29, 1.82) is 0 Å². The quantitative estimate of drug-likeness (QED) is 0.523. The van der Waals surface area contributed by atoms with Crippen molar-refractivity contribution in [2.24, 2.45) is 7.05 Å². The van der Waals surface area contributed by atoms with Gasteiger partial charge in [0.25, 0.3) is 5.56 Å². The number of anilines is 2. The zero-order chi connectivity index (χ0) is 24.3. The SMILES string of the molecule is Cc1cn(C)c(=O)c(N(C(=O)NCCC(=O)O)c2cccc(-c3cc(F)cc(F)c3)c2)c1O. The van der Waals surface area contributed by atoms with Crippen LogP contribution in [-0.2, 0) is 11.8 Å². The number of aliphatic carboxylic acids is 1. The molecule has 0 atom stereocenters. The minimum absolute atomic E-state index is 0.114. The van der Waals surface area contributed by atoms with Gasteiger partial charge in [-0.1, -0.05) is 12.1 Å². The van der Waals surface area contributed by atoms with E-state index in [1.807, 2.05) is 0 Å². The van der Waals surface area contributed by atoms with Gasteiger partial charge >= 0.3 is 12.0 Å². The molecule has 3 aromatic rings. The Kier molecular flexibility index (Phi) is 6.76. The van der Waals surface area contributed by atoms with Crippen molar-refractivity contribution in [3.63, 3.8) is 0 Å². The number of rotatable bonds is 6. The number of amides is 2. The summed E-state index contributed by atoms with van der Waals surface area (Å²) < 4.78 is 28.6. The minimum Gasteiger partial charge on any atom is -0.505 e. The Bertz CT molecular complexity index is 1270. The molecule has 0 saturated carbocycles. The molecule has 33 heavy (non-hydrogen) atoms. The van der Waals surface area contributed by atoms with Gasteiger partial charge in [0.15, 0.2) is 5.69 Å². The van der Waals surface area contributed by atoms with Crippen molar-refractivity contribution in [2.45, 2.75) is 13.3 Å². The lowest BCUT2D eigenvalue weighted by Gasteiger charge is -2.25. The standard InChI is InChI=1S/C23H21F2N3O5/c1-13-12-27(2)22(32)20(21(13)31)28(23(33)26-7-6-19(29)30)18-5-3-4-14(10-18)15-8-16(24)11-17(25)9-15/h3-5,8-12,31H,6-7H2,1-2H3,(H,26,33)(H,29,30). The molecular weight excluding hydrogens is 436 g/mol. The zero-order valence-electron chi connectivity index (χ0n) is 17.8. The number of carbonyl (C=O) groups is 2. The first-order valence-corrected chi connectivity index (χ1v) is 9.84. The van der Waals surface area contributed by atoms with Gasteiger partial charge in [-0.2, -0.15) is 0 Å². The van der Waals surface area contributed by atoms with Crippen LogP contribution in [0.25, 0.3) is 11.1 Å². The number of carboxylic acid groups (broad SMARTS) is 1. The van der Waals surface area contributed by atoms with Crippen LogP contribution in [0.4, 0.5) is 25.0 Å². The number of nitrogens with zero attached hydrogens (tertiary/aromatic N) is 2. The molecule has 0 aliphatic heterocycles. The van der Waals surface area contributed by atoms with E-state index >= 15 is 0 Å². The van der Waals surface area contributed by atoms with E-state index in [4.69, 9.17) is 5.11 Å². The average Bonchev–Trinajstić information content (AvgIpc) is 2.74. The fourth-order valence-electron chi connectivity index (χ4n) is 3.32. The highest BCUT2D eigenvalue weighted by Gasteiger charge is 2.26. The maximum absolute atomic E-state index is 13.7. The molecule has 0 saturated heterocycles. The van der Waals surface area contributed by atoms with E-state index < -0.39 is 34.9 Å². The maximum atomic E-state index is 13.7. The van der Waals surface area contributed by atoms with Crippen molar-refractivity contribution in [3.8, 4) is 16.9 Å². The highest BCUT2D eigenvalue weighted by atomic mass is 19.1. The molecule has 0 aliphatic carbocycles. The highest BCUT2D eigenvalue weighted by Crippen LogP contribution is 2.34. The second-order valence-electron chi connectivity index (χ2n) is 7.34. The summed E-state index contributed by atoms with van der Waals surface area (Å²) in [4.78, 5) is 37.7. The lowest BCUT2D eigenvalue weighted by Crippen LogP contribution is -2.41. The van der Waals surface area contributed by atoms with Gasteiger partial charge in [-0.15, -0.1) is 0 Å². The number of aromatic hydroxyl groups is 1. The number of hydrogen-bond donors (Lipinski definition) is 3. The lowest BCUT2D eigenvalue weighted by atomic mass is 10.0. The number of nitrogens with one attached hydrogen (secondary N) is 1. The predicted octanol–water partition coefficient (Wildman–Crippen LogP) is 3.67. The summed E-state index contributed by atoms with van der Waals surface area (Å²) in [5, 5.41) is 21.9. The van der Waals surface area contributed by atoms with Gasteiger partial charge in [-0.05, 0) is 42.3 Å². The van der Waals surface area contributed by atoms with Crippen molar-refractivity contribution >= 4 is 23.4 Å². The summed E-state index contributed by atoms with van der Waals surface area (Å²) in [6.45, 7) is 1.32. The molecule has 2 amide bonds. The summed E-state index contributed by atoms with van der Waals surface area (Å²) >= 11 is 0. The molecule has 8 nitrogen and oxygen atoms in total. The van der Waals surface area contributed by atoms with E-state index in [0.717, 1.165) is 23.1 Å². The first kappa shape index (κ1) is 23.5. The Balaban J connectivity index is 2.16. The normalized spacial score (nSPS) is 10.7. The fourth-order valence-corrected chi connectivity index (χ4v) is 3.32. The molecule has 0 radical (unpaired) electrons. The molecule has 3 N–H and O–H groups in total. The molecule has 0 unspecified atom stereocenters. The minimum atomic E-state index is -1.13. The van der Waals surface area contributed by atoms with Crippen LogP contribution in [0.2, 0.25) is 0 Å². The molecule has 172 valence electrons. The smallest absolute Gasteiger partial charge is 0.326 e. The first-order valence-electron chi connectivity index (χ1n) is 9.84. The summed E-state index contributed by atoms with van der Waals surface area (Å²) in [6, 6.07) is 8.06. The number of aryl methyl sites for hydroxylation is 2. The second-order valence-corrected chi connectivity index (χ2v) is 7.34. The predicted molar refractivity (Wildman–Crippen MR) is 118 cm³/mol. The van der Waals surface area contributed by atoms with Crippen molar-refractivity contribution in [3.05, 3.63) is 76.2 Å². The largest absolute Gasteiger partial charge is 0.505 e. The number of hydrogen-bond acceptors (Lipinski definition) is 4. The van der Waals surface area contributed by atoms with Crippen LogP contribution in [0, 0.1) is 18.6 Å². The summed E-state index contributed by atoms with van der Waals surface area (Å²) in [6.07, 6.45) is 1.04. The van der Waals surface area contributed by atoms with Crippen LogP contribution in [0.1, 0.15) is 12.0 Å². The summed E-state index contributed by atoms with van der Waals surface area (Å²) in [5.41, 5.74) is -0.0662. The zero-order valence-corrected chi connectivity index (χ0v) is 17.8. The molecule has 0 fully saturated rings. The van der Waals surface area contributed by atoms with E-state index in [0.29, 0.717) is 11.1 Å². The van der Waals surface area contributed by atoms with Crippen LogP contribution < -0.4 is 15.8 Å². The van der Waals surface area contributed by atoms with E-state index in [-0.39, 0.29) is 29.9 Å². The Morgan fingerprint density at radius 2 is 1.76 bits per heavy atom. The van der Waals surface area contributed by atoms with Crippen molar-refractivity contribution in [2.75, 3.05) is 11.4 Å². The average molecular weight is 457 g/mol. The van der Waals surface area contributed by atoms with Crippen LogP contribution in [0.5, 0.6) is 5.75 Å². The van der Waals surface area contributed by atoms with Gasteiger partial charge in [0, 0.05) is 31.4 Å². The Morgan fingerprint density at radius 1 is 1.09 bits per heavy atom. The van der Waals surface area contributed by atoms with Crippen molar-refractivity contribution in [1.82, 2.24) is 9.88 Å². The lowest BCUT2D eigenvalue weighted by molar-refractivity contribution is -0.136. The van der Waals surface area contributed by atoms with Crippen LogP contribution in [0.3, 0.4) is 0 Å². The van der Waals surface area contributed by atoms with Gasteiger partial charge in [0.1, 0.15) is 17.4 Å². The molecule has 0 aliphatic rings. The molecule has 10 heteroatoms. The third-order valence-corrected chi connectivity index (χ3v) is 4.85.